The summed E-state index contributed by atoms with van der Waals surface area (Å²) in [6.07, 6.45) is 13.8. The molecule has 2 atom stereocenters. The van der Waals surface area contributed by atoms with Crippen LogP contribution in [0.5, 0.6) is 0 Å². The van der Waals surface area contributed by atoms with Gasteiger partial charge in [-0.3, -0.25) is 9.69 Å². The molecule has 1 saturated heterocycles. The SMILES string of the molecule is CS1(N=O)c2ccc(NC(=O)c3ccc4c(c3)nc(CN3CC=C(C/C=C\C=C\O)CC3)n4CC3CCO3)cc21. The summed E-state index contributed by atoms with van der Waals surface area (Å²) in [7, 11) is -1.68. The van der Waals surface area contributed by atoms with Crippen LogP contribution in [0.1, 0.15) is 35.4 Å². The van der Waals surface area contributed by atoms with Gasteiger partial charge in [0.25, 0.3) is 5.91 Å². The highest BCUT2D eigenvalue weighted by molar-refractivity contribution is 8.36. The molecule has 1 amide bonds. The van der Waals surface area contributed by atoms with Gasteiger partial charge in [-0.25, -0.2) is 4.98 Å². The van der Waals surface area contributed by atoms with Crippen LogP contribution in [0.25, 0.3) is 11.0 Å². The number of nitrogens with zero attached hydrogens (tertiary/aromatic N) is 4. The third kappa shape index (κ3) is 5.22. The number of nitrogens with one attached hydrogen (secondary N) is 1. The number of aromatic nitrogens is 2. The molecule has 2 unspecified atom stereocenters. The highest BCUT2D eigenvalue weighted by Crippen LogP contribution is 2.78. The van der Waals surface area contributed by atoms with E-state index in [2.05, 4.69) is 31.5 Å². The lowest BCUT2D eigenvalue weighted by Crippen LogP contribution is -2.33. The average Bonchev–Trinajstić information content (AvgIpc) is 3.38. The molecule has 0 spiro atoms. The van der Waals surface area contributed by atoms with Gasteiger partial charge in [-0.1, -0.05) is 34.0 Å². The van der Waals surface area contributed by atoms with E-state index in [0.717, 1.165) is 85.0 Å². The number of benzene rings is 2. The first-order valence-corrected chi connectivity index (χ1v) is 15.5. The molecule has 10 heteroatoms. The van der Waals surface area contributed by atoms with Gasteiger partial charge in [0.05, 0.1) is 36.5 Å². The van der Waals surface area contributed by atoms with E-state index >= 15 is 0 Å². The van der Waals surface area contributed by atoms with Gasteiger partial charge in [0, 0.05) is 40.7 Å². The maximum absolute atomic E-state index is 13.1. The molecule has 1 fully saturated rings. The number of fused-ring (bicyclic) bond motifs is 2. The maximum Gasteiger partial charge on any atom is 0.255 e. The van der Waals surface area contributed by atoms with Crippen molar-refractivity contribution < 1.29 is 14.6 Å². The predicted octanol–water partition coefficient (Wildman–Crippen LogP) is 6.07. The first-order valence-electron chi connectivity index (χ1n) is 13.5. The Hall–Kier alpha value is -3.73. The zero-order valence-corrected chi connectivity index (χ0v) is 23.3. The van der Waals surface area contributed by atoms with Gasteiger partial charge in [0.2, 0.25) is 0 Å². The number of carbonyl (C=O) groups excluding carboxylic acids is 1. The van der Waals surface area contributed by atoms with Gasteiger partial charge in [0.1, 0.15) is 5.82 Å². The van der Waals surface area contributed by atoms with Crippen molar-refractivity contribution in [1.82, 2.24) is 14.5 Å². The molecular weight excluding hydrogens is 526 g/mol. The normalized spacial score (nSPS) is 23.9. The van der Waals surface area contributed by atoms with Crippen LogP contribution >= 0.6 is 10.2 Å². The number of imidazole rings is 1. The summed E-state index contributed by atoms with van der Waals surface area (Å²) in [6, 6.07) is 11.2. The van der Waals surface area contributed by atoms with Crippen LogP contribution in [0.3, 0.4) is 0 Å². The number of carbonyl (C=O) groups is 1. The number of amides is 1. The second-order valence-corrected chi connectivity index (χ2v) is 13.3. The number of allylic oxidation sites excluding steroid dienone is 3. The molecule has 4 heterocycles. The van der Waals surface area contributed by atoms with Crippen molar-refractivity contribution in [3.8, 4) is 0 Å². The quantitative estimate of drug-likeness (QED) is 0.103. The highest BCUT2D eigenvalue weighted by Gasteiger charge is 2.43. The van der Waals surface area contributed by atoms with Crippen molar-refractivity contribution in [2.75, 3.05) is 31.3 Å². The van der Waals surface area contributed by atoms with Crippen LogP contribution in [0.2, 0.25) is 0 Å². The predicted molar refractivity (Wildman–Crippen MR) is 158 cm³/mol. The first-order chi connectivity index (χ1) is 19.5. The summed E-state index contributed by atoms with van der Waals surface area (Å²) in [4.78, 5) is 33.6. The molecule has 3 aromatic rings. The standard InChI is InChI=1S/C30H33N5O4S/c1-40(33-38)27-9-7-23(18-28(27)40)31-30(37)22-6-8-26-25(17-22)32-29(35(26)19-24-12-16-39-24)20-34-13-10-21(11-14-34)5-3-2-4-15-36/h2-4,6-10,15,17-18,24,36H,5,11-14,16,19-20H2,1H3,(H,31,37)/b3-2-,15-4+. The van der Waals surface area contributed by atoms with E-state index in [-0.39, 0.29) is 12.0 Å². The number of rotatable bonds is 10. The Labute approximate surface area is 234 Å². The number of hydrogen-bond donors (Lipinski definition) is 2. The summed E-state index contributed by atoms with van der Waals surface area (Å²) >= 11 is 0. The average molecular weight is 560 g/mol. The number of ether oxygens (including phenoxy) is 1. The second kappa shape index (κ2) is 11.0. The summed E-state index contributed by atoms with van der Waals surface area (Å²) in [5.74, 6) is 0.761. The molecule has 3 aliphatic rings. The van der Waals surface area contributed by atoms with Crippen molar-refractivity contribution in [2.24, 2.45) is 4.58 Å². The van der Waals surface area contributed by atoms with Crippen LogP contribution in [0, 0.1) is 4.91 Å². The van der Waals surface area contributed by atoms with Crippen molar-refractivity contribution in [3.05, 3.63) is 88.8 Å². The van der Waals surface area contributed by atoms with Gasteiger partial charge in [-0.15, -0.1) is 4.91 Å². The molecule has 0 bridgehead atoms. The van der Waals surface area contributed by atoms with Crippen LogP contribution in [-0.4, -0.2) is 57.5 Å². The fraction of sp³-hybridized carbons (Fsp3) is 0.333. The van der Waals surface area contributed by atoms with Crippen molar-refractivity contribution in [2.45, 2.75) is 48.2 Å². The van der Waals surface area contributed by atoms with Gasteiger partial charge >= 0.3 is 0 Å². The van der Waals surface area contributed by atoms with E-state index in [1.807, 2.05) is 48.7 Å². The van der Waals surface area contributed by atoms with E-state index < -0.39 is 10.2 Å². The zero-order chi connectivity index (χ0) is 27.7. The Morgan fingerprint density at radius 2 is 2.12 bits per heavy atom. The minimum absolute atomic E-state index is 0.187. The van der Waals surface area contributed by atoms with E-state index in [9.17, 15) is 9.70 Å². The third-order valence-electron chi connectivity index (χ3n) is 7.90. The molecule has 0 aliphatic carbocycles. The summed E-state index contributed by atoms with van der Waals surface area (Å²) in [5, 5.41) is 11.7. The molecule has 1 aromatic heterocycles. The van der Waals surface area contributed by atoms with Crippen LogP contribution in [0.15, 0.2) is 86.9 Å². The van der Waals surface area contributed by atoms with E-state index in [1.165, 1.54) is 5.57 Å². The van der Waals surface area contributed by atoms with Gasteiger partial charge < -0.3 is 19.7 Å². The molecule has 0 saturated carbocycles. The van der Waals surface area contributed by atoms with Gasteiger partial charge in [-0.05, 0) is 72.6 Å². The smallest absolute Gasteiger partial charge is 0.255 e. The fourth-order valence-corrected chi connectivity index (χ4v) is 7.33. The molecule has 6 rings (SSSR count). The first kappa shape index (κ1) is 26.5. The molecular formula is C30H33N5O4S. The van der Waals surface area contributed by atoms with Crippen molar-refractivity contribution in [3.63, 3.8) is 0 Å². The second-order valence-electron chi connectivity index (χ2n) is 10.5. The Morgan fingerprint density at radius 3 is 2.85 bits per heavy atom. The van der Waals surface area contributed by atoms with Gasteiger partial charge in [-0.2, -0.15) is 0 Å². The Balaban J connectivity index is 1.18. The third-order valence-corrected chi connectivity index (χ3v) is 10.4. The van der Waals surface area contributed by atoms with Crippen molar-refractivity contribution >= 4 is 32.8 Å². The van der Waals surface area contributed by atoms with Gasteiger partial charge in [0.15, 0.2) is 0 Å². The molecule has 3 aliphatic heterocycles. The lowest BCUT2D eigenvalue weighted by molar-refractivity contribution is -0.0591. The number of aliphatic hydroxyl groups excluding tert-OH is 1. The molecule has 2 N–H and O–H groups in total. The monoisotopic (exact) mass is 559 g/mol. The topological polar surface area (TPSA) is 109 Å². The maximum atomic E-state index is 13.1. The highest BCUT2D eigenvalue weighted by atomic mass is 32.3. The lowest BCUT2D eigenvalue weighted by atomic mass is 10.0. The van der Waals surface area contributed by atoms with Crippen LogP contribution in [0.4, 0.5) is 5.69 Å². The van der Waals surface area contributed by atoms with E-state index in [4.69, 9.17) is 14.8 Å². The Kier molecular flexibility index (Phi) is 7.31. The number of aliphatic hydroxyl groups is 1. The lowest BCUT2D eigenvalue weighted by Gasteiger charge is -2.29. The largest absolute Gasteiger partial charge is 0.516 e. The van der Waals surface area contributed by atoms with Crippen molar-refractivity contribution in [1.29, 1.82) is 0 Å². The minimum Gasteiger partial charge on any atom is -0.516 e. The number of nitroso groups, excluding NO2 is 1. The molecule has 0 radical (unpaired) electrons. The van der Waals surface area contributed by atoms with Crippen LogP contribution < -0.4 is 5.32 Å². The zero-order valence-electron chi connectivity index (χ0n) is 22.5. The minimum atomic E-state index is -1.68. The summed E-state index contributed by atoms with van der Waals surface area (Å²) in [5.41, 5.74) is 4.39. The summed E-state index contributed by atoms with van der Waals surface area (Å²) in [6.45, 7) is 4.07. The molecule has 9 nitrogen and oxygen atoms in total. The fourth-order valence-electron chi connectivity index (χ4n) is 5.35. The summed E-state index contributed by atoms with van der Waals surface area (Å²) < 4.78 is 11.3. The molecule has 2 aromatic carbocycles. The Morgan fingerprint density at radius 1 is 1.25 bits per heavy atom. The number of hydrogen-bond acceptors (Lipinski definition) is 7. The molecule has 208 valence electrons. The van der Waals surface area contributed by atoms with E-state index in [1.54, 1.807) is 6.08 Å². The van der Waals surface area contributed by atoms with E-state index in [0.29, 0.717) is 11.3 Å². The number of anilines is 1. The van der Waals surface area contributed by atoms with Crippen LogP contribution in [-0.2, 0) is 17.8 Å². The Bertz CT molecular complexity index is 1560. The molecule has 40 heavy (non-hydrogen) atoms.